The molecule has 2 aromatic rings. The van der Waals surface area contributed by atoms with Crippen LogP contribution < -0.4 is 10.6 Å². The third-order valence-corrected chi connectivity index (χ3v) is 3.77. The van der Waals surface area contributed by atoms with Crippen LogP contribution in [-0.4, -0.2) is 23.1 Å². The van der Waals surface area contributed by atoms with Crippen LogP contribution in [-0.2, 0) is 11.8 Å². The summed E-state index contributed by atoms with van der Waals surface area (Å²) in [7, 11) is 2.00. The van der Waals surface area contributed by atoms with Crippen molar-refractivity contribution in [3.8, 4) is 0 Å². The topological polar surface area (TPSA) is 46.1 Å². The van der Waals surface area contributed by atoms with Gasteiger partial charge < -0.3 is 15.2 Å². The van der Waals surface area contributed by atoms with Crippen LogP contribution in [0.15, 0.2) is 30.5 Å². The van der Waals surface area contributed by atoms with E-state index < -0.39 is 0 Å². The van der Waals surface area contributed by atoms with Crippen molar-refractivity contribution in [1.82, 2.24) is 9.88 Å². The van der Waals surface area contributed by atoms with Gasteiger partial charge in [0.15, 0.2) is 0 Å². The summed E-state index contributed by atoms with van der Waals surface area (Å²) in [5, 5.41) is 7.48. The van der Waals surface area contributed by atoms with Crippen LogP contribution in [0.2, 0.25) is 0 Å². The largest absolute Gasteiger partial charge is 0.348 e. The molecule has 1 unspecified atom stereocenters. The number of rotatable bonds is 3. The maximum Gasteiger partial charge on any atom is 0.225 e. The molecule has 4 nitrogen and oxygen atoms in total. The van der Waals surface area contributed by atoms with E-state index >= 15 is 0 Å². The third-order valence-electron chi connectivity index (χ3n) is 3.77. The minimum Gasteiger partial charge on any atom is -0.348 e. The molecule has 19 heavy (non-hydrogen) atoms. The molecule has 1 atom stereocenters. The minimum absolute atomic E-state index is 0.0933. The van der Waals surface area contributed by atoms with Crippen molar-refractivity contribution in [2.75, 3.05) is 11.9 Å². The number of hydrogen-bond acceptors (Lipinski definition) is 2. The molecule has 100 valence electrons. The lowest BCUT2D eigenvalue weighted by Crippen LogP contribution is -2.27. The van der Waals surface area contributed by atoms with E-state index in [9.17, 15) is 4.79 Å². The summed E-state index contributed by atoms with van der Waals surface area (Å²) in [6.45, 7) is 1.03. The first-order chi connectivity index (χ1) is 9.24. The van der Waals surface area contributed by atoms with E-state index in [4.69, 9.17) is 0 Å². The highest BCUT2D eigenvalue weighted by atomic mass is 16.1. The number of carbonyl (C=O) groups excluding carboxylic acids is 1. The van der Waals surface area contributed by atoms with Gasteiger partial charge in [0.1, 0.15) is 0 Å². The van der Waals surface area contributed by atoms with Crippen LogP contribution in [0.1, 0.15) is 19.3 Å². The summed E-state index contributed by atoms with van der Waals surface area (Å²) in [6, 6.07) is 8.45. The van der Waals surface area contributed by atoms with Crippen molar-refractivity contribution < 1.29 is 4.79 Å². The lowest BCUT2D eigenvalue weighted by molar-refractivity contribution is -0.116. The zero-order valence-electron chi connectivity index (χ0n) is 11.1. The van der Waals surface area contributed by atoms with Gasteiger partial charge in [-0.15, -0.1) is 0 Å². The first-order valence-corrected chi connectivity index (χ1v) is 6.81. The fourth-order valence-corrected chi connectivity index (χ4v) is 2.80. The smallest absolute Gasteiger partial charge is 0.225 e. The average Bonchev–Trinajstić information content (AvgIpc) is 3.00. The molecule has 1 aromatic carbocycles. The number of para-hydroxylation sites is 1. The zero-order valence-corrected chi connectivity index (χ0v) is 11.1. The van der Waals surface area contributed by atoms with E-state index in [0.29, 0.717) is 12.5 Å². The summed E-state index contributed by atoms with van der Waals surface area (Å²) in [5.74, 6) is 0.0933. The predicted molar refractivity (Wildman–Crippen MR) is 77.2 cm³/mol. The summed E-state index contributed by atoms with van der Waals surface area (Å²) < 4.78 is 2.04. The molecule has 0 spiro atoms. The third kappa shape index (κ3) is 2.49. The van der Waals surface area contributed by atoms with Crippen molar-refractivity contribution in [2.45, 2.75) is 25.3 Å². The van der Waals surface area contributed by atoms with Gasteiger partial charge in [0, 0.05) is 36.6 Å². The van der Waals surface area contributed by atoms with Gasteiger partial charge in [-0.2, -0.15) is 0 Å². The van der Waals surface area contributed by atoms with Crippen LogP contribution in [0.3, 0.4) is 0 Å². The molecule has 0 bridgehead atoms. The molecule has 1 saturated heterocycles. The van der Waals surface area contributed by atoms with Gasteiger partial charge in [-0.3, -0.25) is 4.79 Å². The Hall–Kier alpha value is -1.81. The molecule has 1 amide bonds. The van der Waals surface area contributed by atoms with Crippen molar-refractivity contribution in [1.29, 1.82) is 0 Å². The number of carbonyl (C=O) groups is 1. The van der Waals surface area contributed by atoms with Gasteiger partial charge in [-0.05, 0) is 25.5 Å². The fourth-order valence-electron chi connectivity index (χ4n) is 2.80. The average molecular weight is 257 g/mol. The summed E-state index contributed by atoms with van der Waals surface area (Å²) >= 11 is 0. The van der Waals surface area contributed by atoms with E-state index in [0.717, 1.165) is 29.6 Å². The number of aromatic nitrogens is 1. The van der Waals surface area contributed by atoms with Crippen molar-refractivity contribution in [3.05, 3.63) is 30.5 Å². The molecule has 2 heterocycles. The second-order valence-electron chi connectivity index (χ2n) is 5.22. The standard InChI is InChI=1S/C15H19N3O/c1-18-10-13(12-6-2-3-7-14(12)18)17-15(19)9-11-5-4-8-16-11/h2-3,6-7,10-11,16H,4-5,8-9H2,1H3,(H,17,19). The minimum atomic E-state index is 0.0933. The summed E-state index contributed by atoms with van der Waals surface area (Å²) in [4.78, 5) is 12.1. The van der Waals surface area contributed by atoms with Gasteiger partial charge in [-0.1, -0.05) is 18.2 Å². The number of aryl methyl sites for hydroxylation is 1. The van der Waals surface area contributed by atoms with Gasteiger partial charge in [0.25, 0.3) is 0 Å². The Balaban J connectivity index is 1.75. The molecular weight excluding hydrogens is 238 g/mol. The van der Waals surface area contributed by atoms with Crippen LogP contribution in [0.4, 0.5) is 5.69 Å². The second kappa shape index (κ2) is 5.05. The molecule has 1 aliphatic rings. The summed E-state index contributed by atoms with van der Waals surface area (Å²) in [5.41, 5.74) is 2.04. The van der Waals surface area contributed by atoms with Crippen LogP contribution in [0.5, 0.6) is 0 Å². The number of nitrogens with one attached hydrogen (secondary N) is 2. The highest BCUT2D eigenvalue weighted by Crippen LogP contribution is 2.25. The molecule has 1 aliphatic heterocycles. The predicted octanol–water partition coefficient (Wildman–Crippen LogP) is 2.26. The normalized spacial score (nSPS) is 18.9. The Morgan fingerprint density at radius 3 is 3.11 bits per heavy atom. The molecule has 1 fully saturated rings. The first kappa shape index (κ1) is 12.2. The Kier molecular flexibility index (Phi) is 3.25. The number of nitrogens with zero attached hydrogens (tertiary/aromatic N) is 1. The molecule has 0 aliphatic carbocycles. The van der Waals surface area contributed by atoms with Crippen LogP contribution in [0.25, 0.3) is 10.9 Å². The summed E-state index contributed by atoms with van der Waals surface area (Å²) in [6.07, 6.45) is 4.81. The van der Waals surface area contributed by atoms with Gasteiger partial charge >= 0.3 is 0 Å². The number of hydrogen-bond donors (Lipinski definition) is 2. The number of anilines is 1. The Labute approximate surface area is 112 Å². The van der Waals surface area contributed by atoms with E-state index in [2.05, 4.69) is 16.7 Å². The second-order valence-corrected chi connectivity index (χ2v) is 5.22. The SMILES string of the molecule is Cn1cc(NC(=O)CC2CCCN2)c2ccccc21. The first-order valence-electron chi connectivity index (χ1n) is 6.81. The maximum atomic E-state index is 12.1. The van der Waals surface area contributed by atoms with Gasteiger partial charge in [0.05, 0.1) is 5.69 Å². The number of amides is 1. The lowest BCUT2D eigenvalue weighted by Gasteiger charge is -2.09. The molecule has 0 saturated carbocycles. The Morgan fingerprint density at radius 2 is 2.32 bits per heavy atom. The van der Waals surface area contributed by atoms with Gasteiger partial charge in [0.2, 0.25) is 5.91 Å². The van der Waals surface area contributed by atoms with Crippen molar-refractivity contribution in [2.24, 2.45) is 7.05 Å². The number of benzene rings is 1. The maximum absolute atomic E-state index is 12.1. The lowest BCUT2D eigenvalue weighted by atomic mass is 10.1. The molecule has 0 radical (unpaired) electrons. The van der Waals surface area contributed by atoms with E-state index in [-0.39, 0.29) is 5.91 Å². The van der Waals surface area contributed by atoms with Crippen molar-refractivity contribution in [3.63, 3.8) is 0 Å². The van der Waals surface area contributed by atoms with E-state index in [1.165, 1.54) is 6.42 Å². The highest BCUT2D eigenvalue weighted by molar-refractivity contribution is 6.02. The molecule has 3 rings (SSSR count). The zero-order chi connectivity index (χ0) is 13.2. The quantitative estimate of drug-likeness (QED) is 0.886. The molecule has 4 heteroatoms. The Morgan fingerprint density at radius 1 is 1.47 bits per heavy atom. The van der Waals surface area contributed by atoms with Crippen LogP contribution >= 0.6 is 0 Å². The van der Waals surface area contributed by atoms with Crippen molar-refractivity contribution >= 4 is 22.5 Å². The molecular formula is C15H19N3O. The van der Waals surface area contributed by atoms with Crippen LogP contribution in [0, 0.1) is 0 Å². The Bertz CT molecular complexity index is 596. The molecule has 1 aromatic heterocycles. The monoisotopic (exact) mass is 257 g/mol. The van der Waals surface area contributed by atoms with Gasteiger partial charge in [-0.25, -0.2) is 0 Å². The fraction of sp³-hybridized carbons (Fsp3) is 0.400. The number of fused-ring (bicyclic) bond motifs is 1. The molecule has 2 N–H and O–H groups in total. The van der Waals surface area contributed by atoms with E-state index in [1.54, 1.807) is 0 Å². The highest BCUT2D eigenvalue weighted by Gasteiger charge is 2.18. The van der Waals surface area contributed by atoms with E-state index in [1.807, 2.05) is 36.0 Å².